The molecule has 3 rings (SSSR count). The molecule has 0 bridgehead atoms. The van der Waals surface area contributed by atoms with Crippen LogP contribution in [0.1, 0.15) is 11.5 Å². The van der Waals surface area contributed by atoms with Crippen molar-refractivity contribution in [2.24, 2.45) is 5.92 Å². The summed E-state index contributed by atoms with van der Waals surface area (Å²) in [5.41, 5.74) is 1.06. The van der Waals surface area contributed by atoms with Crippen molar-refractivity contribution in [2.75, 3.05) is 19.5 Å². The van der Waals surface area contributed by atoms with Crippen LogP contribution in [0.5, 0.6) is 5.75 Å². The number of ether oxygens (including phenoxy) is 2. The van der Waals surface area contributed by atoms with Crippen LogP contribution in [0, 0.1) is 17.2 Å². The van der Waals surface area contributed by atoms with Crippen LogP contribution in [-0.4, -0.2) is 31.3 Å². The number of allylic oxidation sites excluding steroid dienone is 1. The van der Waals surface area contributed by atoms with Crippen molar-refractivity contribution in [3.8, 4) is 11.8 Å². The molecule has 1 aliphatic heterocycles. The second-order valence-electron chi connectivity index (χ2n) is 6.24. The number of carbonyl (C=O) groups excluding carboxylic acids is 2. The van der Waals surface area contributed by atoms with Crippen LogP contribution < -0.4 is 10.1 Å². The van der Waals surface area contributed by atoms with Crippen LogP contribution >= 0.6 is 11.8 Å². The Labute approximate surface area is 173 Å². The van der Waals surface area contributed by atoms with Gasteiger partial charge in [-0.25, -0.2) is 0 Å². The standard InChI is InChI=1S/C22H20N2O4S/c1-27-22(26)19-18(15-8-4-2-5-9-15)17(14-23)21(24-20(19)25)29-13-12-28-16-10-6-3-7-11-16/h2-11,18-19H,12-13H2,1H3,(H,24,25)/t18-,19-/m1/s1. The number of thioether (sulfide) groups is 1. The molecule has 148 valence electrons. The molecule has 0 saturated carbocycles. The average molecular weight is 408 g/mol. The minimum absolute atomic E-state index is 0.343. The molecule has 1 aliphatic rings. The lowest BCUT2D eigenvalue weighted by molar-refractivity contribution is -0.150. The first-order chi connectivity index (χ1) is 14.2. The third-order valence-electron chi connectivity index (χ3n) is 4.48. The molecule has 0 spiro atoms. The van der Waals surface area contributed by atoms with Gasteiger partial charge in [-0.3, -0.25) is 9.59 Å². The summed E-state index contributed by atoms with van der Waals surface area (Å²) in [5.74, 6) is -1.66. The third-order valence-corrected chi connectivity index (χ3v) is 5.47. The van der Waals surface area contributed by atoms with E-state index < -0.39 is 23.7 Å². The van der Waals surface area contributed by atoms with Gasteiger partial charge in [-0.15, -0.1) is 11.8 Å². The molecule has 0 unspecified atom stereocenters. The van der Waals surface area contributed by atoms with Crippen molar-refractivity contribution in [3.05, 3.63) is 76.8 Å². The Morgan fingerprint density at radius 3 is 2.41 bits per heavy atom. The Balaban J connectivity index is 1.82. The van der Waals surface area contributed by atoms with E-state index >= 15 is 0 Å². The van der Waals surface area contributed by atoms with E-state index in [-0.39, 0.29) is 0 Å². The maximum Gasteiger partial charge on any atom is 0.319 e. The van der Waals surface area contributed by atoms with Crippen molar-refractivity contribution in [1.29, 1.82) is 5.26 Å². The fourth-order valence-corrected chi connectivity index (χ4v) is 4.03. The van der Waals surface area contributed by atoms with Gasteiger partial charge in [0, 0.05) is 11.7 Å². The molecule has 2 atom stereocenters. The van der Waals surface area contributed by atoms with Crippen LogP contribution in [0.3, 0.4) is 0 Å². The highest BCUT2D eigenvalue weighted by molar-refractivity contribution is 8.03. The number of amides is 1. The molecular weight excluding hydrogens is 388 g/mol. The molecular formula is C22H20N2O4S. The molecule has 0 radical (unpaired) electrons. The van der Waals surface area contributed by atoms with Gasteiger partial charge >= 0.3 is 5.97 Å². The molecule has 29 heavy (non-hydrogen) atoms. The molecule has 0 aromatic heterocycles. The predicted molar refractivity (Wildman–Crippen MR) is 110 cm³/mol. The Bertz CT molecular complexity index is 938. The number of carbonyl (C=O) groups is 2. The lowest BCUT2D eigenvalue weighted by Gasteiger charge is -2.30. The number of rotatable bonds is 7. The van der Waals surface area contributed by atoms with Gasteiger partial charge < -0.3 is 14.8 Å². The van der Waals surface area contributed by atoms with E-state index in [9.17, 15) is 14.9 Å². The molecule has 0 fully saturated rings. The molecule has 7 heteroatoms. The number of hydrogen-bond acceptors (Lipinski definition) is 6. The van der Waals surface area contributed by atoms with E-state index in [0.29, 0.717) is 28.5 Å². The molecule has 1 amide bonds. The number of benzene rings is 2. The summed E-state index contributed by atoms with van der Waals surface area (Å²) in [5, 5.41) is 13.0. The summed E-state index contributed by atoms with van der Waals surface area (Å²) < 4.78 is 10.5. The van der Waals surface area contributed by atoms with Crippen LogP contribution in [0.4, 0.5) is 0 Å². The molecule has 0 aliphatic carbocycles. The second kappa shape index (κ2) is 9.80. The van der Waals surface area contributed by atoms with Crippen molar-refractivity contribution in [1.82, 2.24) is 5.32 Å². The van der Waals surface area contributed by atoms with Gasteiger partial charge in [-0.05, 0) is 17.7 Å². The van der Waals surface area contributed by atoms with E-state index in [1.54, 1.807) is 12.1 Å². The number of esters is 1. The number of nitrogens with one attached hydrogen (secondary N) is 1. The van der Waals surface area contributed by atoms with Gasteiger partial charge in [0.05, 0.1) is 30.4 Å². The molecule has 2 aromatic rings. The van der Waals surface area contributed by atoms with E-state index in [1.165, 1.54) is 18.9 Å². The lowest BCUT2D eigenvalue weighted by Crippen LogP contribution is -2.44. The first-order valence-corrected chi connectivity index (χ1v) is 10.0. The van der Waals surface area contributed by atoms with Crippen molar-refractivity contribution in [2.45, 2.75) is 5.92 Å². The second-order valence-corrected chi connectivity index (χ2v) is 7.35. The maximum absolute atomic E-state index is 12.7. The zero-order valence-electron chi connectivity index (χ0n) is 15.8. The predicted octanol–water partition coefficient (Wildman–Crippen LogP) is 3.24. The monoisotopic (exact) mass is 408 g/mol. The lowest BCUT2D eigenvalue weighted by atomic mass is 9.78. The van der Waals surface area contributed by atoms with Crippen LogP contribution in [-0.2, 0) is 14.3 Å². The summed E-state index contributed by atoms with van der Waals surface area (Å²) in [4.78, 5) is 25.0. The third kappa shape index (κ3) is 4.79. The van der Waals surface area contributed by atoms with Gasteiger partial charge in [0.2, 0.25) is 5.91 Å². The number of methoxy groups -OCH3 is 1. The number of hydrogen-bond donors (Lipinski definition) is 1. The zero-order valence-corrected chi connectivity index (χ0v) is 16.6. The van der Waals surface area contributed by atoms with Crippen LogP contribution in [0.25, 0.3) is 0 Å². The molecule has 0 saturated heterocycles. The molecule has 6 nitrogen and oxygen atoms in total. The van der Waals surface area contributed by atoms with Gasteiger partial charge in [0.15, 0.2) is 0 Å². The fourth-order valence-electron chi connectivity index (χ4n) is 3.16. The molecule has 1 N–H and O–H groups in total. The zero-order chi connectivity index (χ0) is 20.6. The number of nitriles is 1. The first kappa shape index (κ1) is 20.5. The van der Waals surface area contributed by atoms with E-state index in [2.05, 4.69) is 11.4 Å². The van der Waals surface area contributed by atoms with E-state index in [4.69, 9.17) is 9.47 Å². The number of para-hydroxylation sites is 1. The quantitative estimate of drug-likeness (QED) is 0.430. The SMILES string of the molecule is COC(=O)[C@H]1C(=O)NC(SCCOc2ccccc2)=C(C#N)[C@H]1c1ccccc1. The highest BCUT2D eigenvalue weighted by Crippen LogP contribution is 2.40. The van der Waals surface area contributed by atoms with Gasteiger partial charge in [0.25, 0.3) is 0 Å². The number of nitrogens with zero attached hydrogens (tertiary/aromatic N) is 1. The van der Waals surface area contributed by atoms with Gasteiger partial charge in [-0.1, -0.05) is 48.5 Å². The van der Waals surface area contributed by atoms with Crippen molar-refractivity contribution >= 4 is 23.6 Å². The summed E-state index contributed by atoms with van der Waals surface area (Å²) in [6.07, 6.45) is 0. The summed E-state index contributed by atoms with van der Waals surface area (Å²) in [6, 6.07) is 20.7. The first-order valence-electron chi connectivity index (χ1n) is 9.04. The average Bonchev–Trinajstić information content (AvgIpc) is 2.77. The summed E-state index contributed by atoms with van der Waals surface area (Å²) >= 11 is 1.32. The summed E-state index contributed by atoms with van der Waals surface area (Å²) in [6.45, 7) is 0.406. The highest BCUT2D eigenvalue weighted by atomic mass is 32.2. The Morgan fingerprint density at radius 1 is 1.14 bits per heavy atom. The van der Waals surface area contributed by atoms with E-state index in [1.807, 2.05) is 48.5 Å². The molecule has 1 heterocycles. The van der Waals surface area contributed by atoms with Crippen LogP contribution in [0.2, 0.25) is 0 Å². The highest BCUT2D eigenvalue weighted by Gasteiger charge is 2.44. The maximum atomic E-state index is 12.7. The van der Waals surface area contributed by atoms with Crippen molar-refractivity contribution in [3.63, 3.8) is 0 Å². The largest absolute Gasteiger partial charge is 0.493 e. The van der Waals surface area contributed by atoms with Crippen molar-refractivity contribution < 1.29 is 19.1 Å². The van der Waals surface area contributed by atoms with Crippen LogP contribution in [0.15, 0.2) is 71.3 Å². The van der Waals surface area contributed by atoms with E-state index in [0.717, 1.165) is 5.75 Å². The normalized spacial score (nSPS) is 18.6. The van der Waals surface area contributed by atoms with Gasteiger partial charge in [-0.2, -0.15) is 5.26 Å². The van der Waals surface area contributed by atoms with Gasteiger partial charge in [0.1, 0.15) is 11.7 Å². The Kier molecular flexibility index (Phi) is 6.93. The Morgan fingerprint density at radius 2 is 1.79 bits per heavy atom. The smallest absolute Gasteiger partial charge is 0.319 e. The fraction of sp³-hybridized carbons (Fsp3) is 0.227. The summed E-state index contributed by atoms with van der Waals surface area (Å²) in [7, 11) is 1.23. The minimum Gasteiger partial charge on any atom is -0.493 e. The molecule has 2 aromatic carbocycles. The topological polar surface area (TPSA) is 88.4 Å². The minimum atomic E-state index is -1.11. The Hall–Kier alpha value is -3.24.